The fourth-order valence-corrected chi connectivity index (χ4v) is 2.46. The summed E-state index contributed by atoms with van der Waals surface area (Å²) in [6.45, 7) is 1.92. The number of Topliss-reactive ketones (excluding diaryl/α,β-unsaturated/α-hetero) is 1. The largest absolute Gasteiger partial charge is 0.618 e. The van der Waals surface area contributed by atoms with Gasteiger partial charge in [0.15, 0.2) is 0 Å². The van der Waals surface area contributed by atoms with Gasteiger partial charge >= 0.3 is 0 Å². The van der Waals surface area contributed by atoms with E-state index in [9.17, 15) is 10.0 Å². The number of methoxy groups -OCH3 is 1. The van der Waals surface area contributed by atoms with Crippen LogP contribution in [-0.4, -0.2) is 23.3 Å². The lowest BCUT2D eigenvalue weighted by Crippen LogP contribution is -2.16. The van der Waals surface area contributed by atoms with E-state index in [0.29, 0.717) is 27.3 Å². The summed E-state index contributed by atoms with van der Waals surface area (Å²) in [5.74, 6) is 0.133. The van der Waals surface area contributed by atoms with Crippen LogP contribution < -0.4 is 4.74 Å². The van der Waals surface area contributed by atoms with Crippen molar-refractivity contribution in [2.24, 2.45) is 0 Å². The zero-order valence-corrected chi connectivity index (χ0v) is 11.2. The normalized spacial score (nSPS) is 13.6. The lowest BCUT2D eigenvalue weighted by atomic mass is 10.0. The van der Waals surface area contributed by atoms with Gasteiger partial charge in [-0.1, -0.05) is 23.8 Å². The summed E-state index contributed by atoms with van der Waals surface area (Å²) in [6, 6.07) is 12.4. The molecule has 0 N–H and O–H groups in total. The number of rotatable bonds is 2. The molecule has 1 aliphatic rings. The second kappa shape index (κ2) is 4.49. The van der Waals surface area contributed by atoms with Crippen molar-refractivity contribution in [3.63, 3.8) is 0 Å². The molecule has 0 unspecified atom stereocenters. The second-order valence-electron chi connectivity index (χ2n) is 4.70. The summed E-state index contributed by atoms with van der Waals surface area (Å²) in [4.78, 5) is 12.5. The molecule has 0 saturated carbocycles. The number of carbonyl (C=O) groups excluding carboxylic acids is 1. The molecule has 3 rings (SSSR count). The quantitative estimate of drug-likeness (QED) is 0.621. The van der Waals surface area contributed by atoms with Crippen molar-refractivity contribution in [1.29, 1.82) is 0 Å². The third-order valence-electron chi connectivity index (χ3n) is 3.38. The maximum atomic E-state index is 12.5. The van der Waals surface area contributed by atoms with Crippen molar-refractivity contribution < 1.29 is 14.3 Å². The predicted octanol–water partition coefficient (Wildman–Crippen LogP) is 2.83. The highest BCUT2D eigenvalue weighted by molar-refractivity contribution is 6.52. The molecule has 2 aromatic carbocycles. The van der Waals surface area contributed by atoms with Crippen LogP contribution >= 0.6 is 0 Å². The number of aryl methyl sites for hydroxylation is 1. The van der Waals surface area contributed by atoms with Crippen molar-refractivity contribution in [2.45, 2.75) is 6.92 Å². The Morgan fingerprint density at radius 1 is 1.15 bits per heavy atom. The second-order valence-corrected chi connectivity index (χ2v) is 4.70. The van der Waals surface area contributed by atoms with Crippen LogP contribution in [0.25, 0.3) is 0 Å². The number of carbonyl (C=O) groups is 1. The molecular weight excluding hydrogens is 254 g/mol. The minimum atomic E-state index is -0.293. The van der Waals surface area contributed by atoms with Gasteiger partial charge in [0.2, 0.25) is 5.69 Å². The number of fused-ring (bicyclic) bond motifs is 1. The Morgan fingerprint density at radius 2 is 1.90 bits per heavy atom. The van der Waals surface area contributed by atoms with E-state index in [4.69, 9.17) is 4.74 Å². The molecule has 20 heavy (non-hydrogen) atoms. The molecule has 100 valence electrons. The molecule has 0 amide bonds. The van der Waals surface area contributed by atoms with Crippen molar-refractivity contribution >= 4 is 17.2 Å². The Kier molecular flexibility index (Phi) is 2.79. The Hall–Kier alpha value is -2.62. The molecule has 4 heteroatoms. The highest BCUT2D eigenvalue weighted by Gasteiger charge is 2.39. The molecule has 1 heterocycles. The van der Waals surface area contributed by atoms with E-state index < -0.39 is 0 Å². The number of ether oxygens (including phenoxy) is 1. The molecule has 0 spiro atoms. The molecule has 0 atom stereocenters. The van der Waals surface area contributed by atoms with Gasteiger partial charge in [-0.25, -0.2) is 0 Å². The van der Waals surface area contributed by atoms with E-state index >= 15 is 0 Å². The molecule has 0 aromatic heterocycles. The van der Waals surface area contributed by atoms with Gasteiger partial charge in [0.05, 0.1) is 12.7 Å². The lowest BCUT2D eigenvalue weighted by molar-refractivity contribution is -0.355. The molecule has 0 fully saturated rings. The zero-order chi connectivity index (χ0) is 14.3. The van der Waals surface area contributed by atoms with Gasteiger partial charge in [-0.3, -0.25) is 4.79 Å². The standard InChI is InChI=1S/C16H13NO3/c1-10-5-3-6-11(9-10)15-16(18)14-12(17(15)19)7-4-8-13(14)20-2/h3-9H,1-2H3. The minimum Gasteiger partial charge on any atom is -0.618 e. The fraction of sp³-hybridized carbons (Fsp3) is 0.125. The van der Waals surface area contributed by atoms with Crippen LogP contribution in [0.2, 0.25) is 0 Å². The van der Waals surface area contributed by atoms with Gasteiger partial charge in [-0.15, -0.1) is 0 Å². The number of hydrogen-bond donors (Lipinski definition) is 0. The summed E-state index contributed by atoms with van der Waals surface area (Å²) in [7, 11) is 1.49. The van der Waals surface area contributed by atoms with Crippen LogP contribution in [-0.2, 0) is 0 Å². The topological polar surface area (TPSA) is 52.4 Å². The summed E-state index contributed by atoms with van der Waals surface area (Å²) < 4.78 is 5.87. The molecule has 1 aliphatic heterocycles. The third-order valence-corrected chi connectivity index (χ3v) is 3.38. The van der Waals surface area contributed by atoms with Crippen LogP contribution in [0.1, 0.15) is 21.5 Å². The van der Waals surface area contributed by atoms with Gasteiger partial charge in [0, 0.05) is 6.07 Å². The van der Waals surface area contributed by atoms with Gasteiger partial charge in [0.1, 0.15) is 11.3 Å². The number of nitrogens with zero attached hydrogens (tertiary/aromatic N) is 1. The Morgan fingerprint density at radius 3 is 2.60 bits per heavy atom. The average Bonchev–Trinajstić information content (AvgIpc) is 2.71. The Labute approximate surface area is 116 Å². The SMILES string of the molecule is COc1cccc2c1C(=O)C(c1cccc(C)c1)=[N+]2[O-]. The zero-order valence-electron chi connectivity index (χ0n) is 11.2. The molecule has 0 aliphatic carbocycles. The Bertz CT molecular complexity index is 747. The molecular formula is C16H13NO3. The van der Waals surface area contributed by atoms with Crippen molar-refractivity contribution in [2.75, 3.05) is 7.11 Å². The van der Waals surface area contributed by atoms with Crippen LogP contribution in [0.3, 0.4) is 0 Å². The number of ketones is 1. The highest BCUT2D eigenvalue weighted by atomic mass is 16.5. The minimum absolute atomic E-state index is 0.146. The van der Waals surface area contributed by atoms with E-state index in [1.807, 2.05) is 25.1 Å². The molecule has 0 bridgehead atoms. The summed E-state index contributed by atoms with van der Waals surface area (Å²) in [5, 5.41) is 12.4. The predicted molar refractivity (Wildman–Crippen MR) is 75.9 cm³/mol. The first kappa shape index (κ1) is 12.4. The van der Waals surface area contributed by atoms with Gasteiger partial charge in [-0.2, -0.15) is 4.74 Å². The smallest absolute Gasteiger partial charge is 0.273 e. The van der Waals surface area contributed by atoms with Gasteiger partial charge in [-0.05, 0) is 25.1 Å². The van der Waals surface area contributed by atoms with E-state index in [0.717, 1.165) is 5.56 Å². The maximum absolute atomic E-state index is 12.5. The first-order valence-corrected chi connectivity index (χ1v) is 6.26. The molecule has 0 saturated heterocycles. The third kappa shape index (κ3) is 1.69. The van der Waals surface area contributed by atoms with Crippen LogP contribution in [0.5, 0.6) is 5.75 Å². The first-order valence-electron chi connectivity index (χ1n) is 6.26. The van der Waals surface area contributed by atoms with Crippen LogP contribution in [0.4, 0.5) is 5.69 Å². The van der Waals surface area contributed by atoms with Gasteiger partial charge in [0.25, 0.3) is 11.5 Å². The molecule has 0 radical (unpaired) electrons. The summed E-state index contributed by atoms with van der Waals surface area (Å²) >= 11 is 0. The van der Waals surface area contributed by atoms with Crippen LogP contribution in [0.15, 0.2) is 42.5 Å². The fourth-order valence-electron chi connectivity index (χ4n) is 2.46. The number of hydrogen-bond acceptors (Lipinski definition) is 3. The lowest BCUT2D eigenvalue weighted by Gasteiger charge is -2.03. The number of benzene rings is 2. The first-order chi connectivity index (χ1) is 9.63. The van der Waals surface area contributed by atoms with E-state index in [1.165, 1.54) is 7.11 Å². The van der Waals surface area contributed by atoms with E-state index in [-0.39, 0.29) is 11.5 Å². The van der Waals surface area contributed by atoms with E-state index in [2.05, 4.69) is 0 Å². The maximum Gasteiger partial charge on any atom is 0.273 e. The monoisotopic (exact) mass is 267 g/mol. The average molecular weight is 267 g/mol. The summed E-state index contributed by atoms with van der Waals surface area (Å²) in [5.41, 5.74) is 2.45. The van der Waals surface area contributed by atoms with Crippen LogP contribution in [0, 0.1) is 12.1 Å². The van der Waals surface area contributed by atoms with Gasteiger partial charge < -0.3 is 9.94 Å². The van der Waals surface area contributed by atoms with Crippen molar-refractivity contribution in [1.82, 2.24) is 0 Å². The van der Waals surface area contributed by atoms with Crippen molar-refractivity contribution in [3.8, 4) is 5.75 Å². The highest BCUT2D eigenvalue weighted by Crippen LogP contribution is 2.34. The molecule has 2 aromatic rings. The van der Waals surface area contributed by atoms with E-state index in [1.54, 1.807) is 24.3 Å². The Balaban J connectivity index is 2.21. The molecule has 4 nitrogen and oxygen atoms in total. The summed E-state index contributed by atoms with van der Waals surface area (Å²) in [6.07, 6.45) is 0. The van der Waals surface area contributed by atoms with Crippen molar-refractivity contribution in [3.05, 3.63) is 64.4 Å².